The lowest BCUT2D eigenvalue weighted by molar-refractivity contribution is -0.121. The number of amides is 2. The summed E-state index contributed by atoms with van der Waals surface area (Å²) >= 11 is 0.992. The molecule has 2 heterocycles. The average molecular weight is 286 g/mol. The fourth-order valence-corrected chi connectivity index (χ4v) is 3.22. The molecular formula is C15H14N2O2S. The number of hydrogen-bond donors (Lipinski definition) is 0. The Kier molecular flexibility index (Phi) is 2.94. The van der Waals surface area contributed by atoms with Gasteiger partial charge in [0.15, 0.2) is 0 Å². The van der Waals surface area contributed by atoms with Gasteiger partial charge in [-0.2, -0.15) is 0 Å². The highest BCUT2D eigenvalue weighted by atomic mass is 32.2. The monoisotopic (exact) mass is 286 g/mol. The Hall–Kier alpha value is -2.01. The highest BCUT2D eigenvalue weighted by Gasteiger charge is 2.32. The molecule has 1 aliphatic rings. The van der Waals surface area contributed by atoms with E-state index in [1.807, 2.05) is 44.3 Å². The molecule has 0 spiro atoms. The summed E-state index contributed by atoms with van der Waals surface area (Å²) in [7, 11) is 3.51. The molecule has 2 amide bonds. The van der Waals surface area contributed by atoms with Crippen molar-refractivity contribution in [1.29, 1.82) is 0 Å². The zero-order valence-corrected chi connectivity index (χ0v) is 12.3. The van der Waals surface area contributed by atoms with E-state index in [1.165, 1.54) is 7.05 Å². The SMILES string of the molecule is Cc1c(C=C2SC(=O)N(C)C2=O)c2ccccc2n1C. The number of rotatable bonds is 1. The number of aromatic nitrogens is 1. The molecule has 0 atom stereocenters. The van der Waals surface area contributed by atoms with Crippen molar-refractivity contribution in [2.75, 3.05) is 7.05 Å². The molecule has 4 nitrogen and oxygen atoms in total. The lowest BCUT2D eigenvalue weighted by Crippen LogP contribution is -2.22. The summed E-state index contributed by atoms with van der Waals surface area (Å²) < 4.78 is 2.09. The van der Waals surface area contributed by atoms with E-state index in [1.54, 1.807) is 0 Å². The van der Waals surface area contributed by atoms with Crippen molar-refractivity contribution in [3.8, 4) is 0 Å². The molecule has 0 radical (unpaired) electrons. The van der Waals surface area contributed by atoms with Crippen molar-refractivity contribution in [3.05, 3.63) is 40.4 Å². The smallest absolute Gasteiger partial charge is 0.293 e. The van der Waals surface area contributed by atoms with E-state index in [0.717, 1.165) is 38.8 Å². The number of carbonyl (C=O) groups excluding carboxylic acids is 2. The van der Waals surface area contributed by atoms with Crippen molar-refractivity contribution in [2.24, 2.45) is 7.05 Å². The fraction of sp³-hybridized carbons (Fsp3) is 0.200. The van der Waals surface area contributed by atoms with Crippen LogP contribution in [0.25, 0.3) is 17.0 Å². The van der Waals surface area contributed by atoms with Crippen molar-refractivity contribution in [2.45, 2.75) is 6.92 Å². The summed E-state index contributed by atoms with van der Waals surface area (Å²) in [6.45, 7) is 2.02. The van der Waals surface area contributed by atoms with Gasteiger partial charge in [0.25, 0.3) is 11.1 Å². The van der Waals surface area contributed by atoms with E-state index in [9.17, 15) is 9.59 Å². The van der Waals surface area contributed by atoms with Crippen molar-refractivity contribution in [1.82, 2.24) is 9.47 Å². The molecule has 102 valence electrons. The molecule has 1 aromatic heterocycles. The molecule has 0 N–H and O–H groups in total. The minimum Gasteiger partial charge on any atom is -0.347 e. The maximum Gasteiger partial charge on any atom is 0.293 e. The van der Waals surface area contributed by atoms with Gasteiger partial charge in [0.05, 0.1) is 4.91 Å². The Morgan fingerprint density at radius 3 is 2.50 bits per heavy atom. The normalized spacial score (nSPS) is 17.8. The number of thioether (sulfide) groups is 1. The maximum absolute atomic E-state index is 12.0. The maximum atomic E-state index is 12.0. The third-order valence-electron chi connectivity index (χ3n) is 3.71. The Morgan fingerprint density at radius 2 is 1.85 bits per heavy atom. The molecule has 1 fully saturated rings. The number of imide groups is 1. The molecule has 1 aromatic carbocycles. The van der Waals surface area contributed by atoms with Gasteiger partial charge >= 0.3 is 0 Å². The first-order chi connectivity index (χ1) is 9.50. The van der Waals surface area contributed by atoms with E-state index < -0.39 is 0 Å². The zero-order chi connectivity index (χ0) is 14.4. The molecular weight excluding hydrogens is 272 g/mol. The third-order valence-corrected chi connectivity index (χ3v) is 4.67. The highest BCUT2D eigenvalue weighted by Crippen LogP contribution is 2.34. The predicted molar refractivity (Wildman–Crippen MR) is 81.4 cm³/mol. The van der Waals surface area contributed by atoms with E-state index in [2.05, 4.69) is 4.57 Å². The van der Waals surface area contributed by atoms with Crippen molar-refractivity contribution >= 4 is 39.9 Å². The highest BCUT2D eigenvalue weighted by molar-refractivity contribution is 8.18. The molecule has 0 aliphatic carbocycles. The van der Waals surface area contributed by atoms with Crippen LogP contribution in [0.3, 0.4) is 0 Å². The zero-order valence-electron chi connectivity index (χ0n) is 11.5. The van der Waals surface area contributed by atoms with Gasteiger partial charge in [-0.05, 0) is 30.8 Å². The van der Waals surface area contributed by atoms with Gasteiger partial charge < -0.3 is 4.57 Å². The van der Waals surface area contributed by atoms with Gasteiger partial charge in [-0.25, -0.2) is 0 Å². The Bertz CT molecular complexity index is 774. The lowest BCUT2D eigenvalue weighted by Gasteiger charge is -2.01. The average Bonchev–Trinajstić information content (AvgIpc) is 2.83. The van der Waals surface area contributed by atoms with Crippen LogP contribution in [0.2, 0.25) is 0 Å². The first-order valence-electron chi connectivity index (χ1n) is 6.26. The van der Waals surface area contributed by atoms with Crippen LogP contribution < -0.4 is 0 Å². The first kappa shape index (κ1) is 13.0. The Balaban J connectivity index is 2.19. The summed E-state index contributed by atoms with van der Waals surface area (Å²) in [6.07, 6.45) is 1.83. The quantitative estimate of drug-likeness (QED) is 0.756. The largest absolute Gasteiger partial charge is 0.347 e. The van der Waals surface area contributed by atoms with E-state index >= 15 is 0 Å². The summed E-state index contributed by atoms with van der Waals surface area (Å²) in [5, 5.41) is 0.870. The van der Waals surface area contributed by atoms with Crippen LogP contribution in [0.4, 0.5) is 4.79 Å². The molecule has 0 unspecified atom stereocenters. The number of likely N-dealkylation sites (N-methyl/N-ethyl adjacent to an activating group) is 1. The Labute approximate surface area is 121 Å². The molecule has 1 aliphatic heterocycles. The second-order valence-corrected chi connectivity index (χ2v) is 5.81. The number of fused-ring (bicyclic) bond motifs is 1. The lowest BCUT2D eigenvalue weighted by atomic mass is 10.1. The van der Waals surface area contributed by atoms with E-state index in [4.69, 9.17) is 0 Å². The number of benzene rings is 1. The first-order valence-corrected chi connectivity index (χ1v) is 7.08. The molecule has 5 heteroatoms. The van der Waals surface area contributed by atoms with Crippen LogP contribution in [0, 0.1) is 6.92 Å². The standard InChI is InChI=1S/C15H14N2O2S/c1-9-11(8-13-14(18)17(3)15(19)20-13)10-6-4-5-7-12(10)16(9)2/h4-8H,1-3H3. The number of carbonyl (C=O) groups is 2. The van der Waals surface area contributed by atoms with Crippen LogP contribution in [0.15, 0.2) is 29.2 Å². The summed E-state index contributed by atoms with van der Waals surface area (Å²) in [4.78, 5) is 25.2. The van der Waals surface area contributed by atoms with E-state index in [0.29, 0.717) is 4.91 Å². The summed E-state index contributed by atoms with van der Waals surface area (Å²) in [5.74, 6) is -0.229. The van der Waals surface area contributed by atoms with Gasteiger partial charge in [0.2, 0.25) is 0 Å². The van der Waals surface area contributed by atoms with Gasteiger partial charge in [-0.1, -0.05) is 18.2 Å². The topological polar surface area (TPSA) is 42.3 Å². The minimum atomic E-state index is -0.229. The molecule has 2 aromatic rings. The van der Waals surface area contributed by atoms with Gasteiger partial charge in [0.1, 0.15) is 0 Å². The van der Waals surface area contributed by atoms with Crippen LogP contribution in [-0.2, 0) is 11.8 Å². The number of para-hydroxylation sites is 1. The van der Waals surface area contributed by atoms with Gasteiger partial charge in [-0.3, -0.25) is 14.5 Å². The number of nitrogens with zero attached hydrogens (tertiary/aromatic N) is 2. The predicted octanol–water partition coefficient (Wildman–Crippen LogP) is 3.15. The van der Waals surface area contributed by atoms with Crippen molar-refractivity contribution < 1.29 is 9.59 Å². The number of hydrogen-bond acceptors (Lipinski definition) is 3. The summed E-state index contributed by atoms with van der Waals surface area (Å²) in [6, 6.07) is 8.05. The second kappa shape index (κ2) is 4.52. The van der Waals surface area contributed by atoms with Gasteiger partial charge in [0, 0.05) is 36.3 Å². The van der Waals surface area contributed by atoms with Gasteiger partial charge in [-0.15, -0.1) is 0 Å². The van der Waals surface area contributed by atoms with Crippen LogP contribution in [-0.4, -0.2) is 27.7 Å². The molecule has 0 saturated carbocycles. The minimum absolute atomic E-state index is 0.223. The summed E-state index contributed by atoms with van der Waals surface area (Å²) in [5.41, 5.74) is 3.20. The Morgan fingerprint density at radius 1 is 1.15 bits per heavy atom. The van der Waals surface area contributed by atoms with Crippen molar-refractivity contribution in [3.63, 3.8) is 0 Å². The molecule has 0 bridgehead atoms. The van der Waals surface area contributed by atoms with E-state index in [-0.39, 0.29) is 11.1 Å². The number of aryl methyl sites for hydroxylation is 1. The molecule has 1 saturated heterocycles. The van der Waals surface area contributed by atoms with Crippen LogP contribution in [0.1, 0.15) is 11.3 Å². The van der Waals surface area contributed by atoms with Crippen LogP contribution >= 0.6 is 11.8 Å². The molecule has 3 rings (SSSR count). The fourth-order valence-electron chi connectivity index (χ4n) is 2.41. The third kappa shape index (κ3) is 1.78. The molecule has 20 heavy (non-hydrogen) atoms. The van der Waals surface area contributed by atoms with Crippen LogP contribution in [0.5, 0.6) is 0 Å². The second-order valence-electron chi connectivity index (χ2n) is 4.82.